The summed E-state index contributed by atoms with van der Waals surface area (Å²) in [6.07, 6.45) is 0. The molecule has 1 N–H and O–H groups in total. The number of benzene rings is 1. The van der Waals surface area contributed by atoms with Crippen molar-refractivity contribution in [3.8, 4) is 11.5 Å². The Morgan fingerprint density at radius 1 is 1.43 bits per heavy atom. The molecule has 0 amide bonds. The van der Waals surface area contributed by atoms with Gasteiger partial charge in [0.25, 0.3) is 0 Å². The van der Waals surface area contributed by atoms with E-state index in [1.54, 1.807) is 16.8 Å². The van der Waals surface area contributed by atoms with Crippen LogP contribution in [0.3, 0.4) is 0 Å². The van der Waals surface area contributed by atoms with Crippen LogP contribution in [0.5, 0.6) is 11.5 Å². The highest BCUT2D eigenvalue weighted by molar-refractivity contribution is 9.10. The molecule has 0 atom stereocenters. The summed E-state index contributed by atoms with van der Waals surface area (Å²) in [7, 11) is 3.38. The Balaban J connectivity index is 2.31. The maximum atomic E-state index is 9.45. The van der Waals surface area contributed by atoms with Crippen LogP contribution in [0.1, 0.15) is 17.0 Å². The second kappa shape index (κ2) is 6.68. The SMILES string of the molecule is COc1cc(Cl)cc(CO)c1OCc1c(Br)c(C)nn1C. The van der Waals surface area contributed by atoms with Crippen LogP contribution >= 0.6 is 27.5 Å². The van der Waals surface area contributed by atoms with Crippen LogP contribution in [-0.2, 0) is 20.3 Å². The molecule has 0 unspecified atom stereocenters. The number of methoxy groups -OCH3 is 1. The number of hydrogen-bond donors (Lipinski definition) is 1. The molecule has 7 heteroatoms. The first kappa shape index (κ1) is 16.1. The predicted octanol–water partition coefficient (Wildman–Crippen LogP) is 3.22. The Bertz CT molecular complexity index is 633. The molecule has 0 fully saturated rings. The summed E-state index contributed by atoms with van der Waals surface area (Å²) in [6, 6.07) is 3.31. The third-order valence-corrected chi connectivity index (χ3v) is 4.35. The molecule has 1 heterocycles. The molecular formula is C14H16BrClN2O3. The van der Waals surface area contributed by atoms with Gasteiger partial charge in [-0.25, -0.2) is 0 Å². The van der Waals surface area contributed by atoms with E-state index in [0.29, 0.717) is 28.7 Å². The predicted molar refractivity (Wildman–Crippen MR) is 83.9 cm³/mol. The monoisotopic (exact) mass is 374 g/mol. The molecule has 0 aliphatic heterocycles. The lowest BCUT2D eigenvalue weighted by atomic mass is 10.2. The van der Waals surface area contributed by atoms with Crippen molar-refractivity contribution in [2.24, 2.45) is 7.05 Å². The van der Waals surface area contributed by atoms with E-state index in [1.165, 1.54) is 7.11 Å². The maximum absolute atomic E-state index is 9.45. The van der Waals surface area contributed by atoms with E-state index < -0.39 is 0 Å². The standard InChI is InChI=1S/C14H16BrClN2O3/c1-8-13(15)11(18(2)17-8)7-21-14-9(6-19)4-10(16)5-12(14)20-3/h4-5,19H,6-7H2,1-3H3. The second-order valence-corrected chi connectivity index (χ2v) is 5.74. The molecule has 0 radical (unpaired) electrons. The van der Waals surface area contributed by atoms with Crippen molar-refractivity contribution >= 4 is 27.5 Å². The average molecular weight is 376 g/mol. The average Bonchev–Trinajstić information content (AvgIpc) is 2.70. The molecule has 1 aromatic heterocycles. The molecule has 114 valence electrons. The van der Waals surface area contributed by atoms with E-state index in [9.17, 15) is 5.11 Å². The van der Waals surface area contributed by atoms with E-state index in [-0.39, 0.29) is 6.61 Å². The summed E-state index contributed by atoms with van der Waals surface area (Å²) >= 11 is 9.47. The lowest BCUT2D eigenvalue weighted by Crippen LogP contribution is -2.06. The number of hydrogen-bond acceptors (Lipinski definition) is 4. The number of aryl methyl sites for hydroxylation is 2. The van der Waals surface area contributed by atoms with Crippen molar-refractivity contribution in [2.75, 3.05) is 7.11 Å². The third kappa shape index (κ3) is 3.33. The number of aliphatic hydroxyl groups is 1. The van der Waals surface area contributed by atoms with Crippen LogP contribution in [0.4, 0.5) is 0 Å². The van der Waals surface area contributed by atoms with Crippen LogP contribution in [0.2, 0.25) is 5.02 Å². The molecule has 2 aromatic rings. The summed E-state index contributed by atoms with van der Waals surface area (Å²) in [5.74, 6) is 0.969. The zero-order chi connectivity index (χ0) is 15.6. The van der Waals surface area contributed by atoms with Crippen LogP contribution in [-0.4, -0.2) is 22.0 Å². The Labute approximate surface area is 136 Å². The first-order chi connectivity index (χ1) is 9.97. The smallest absolute Gasteiger partial charge is 0.167 e. The fourth-order valence-electron chi connectivity index (χ4n) is 2.03. The molecule has 0 saturated heterocycles. The van der Waals surface area contributed by atoms with E-state index in [4.69, 9.17) is 21.1 Å². The quantitative estimate of drug-likeness (QED) is 0.872. The molecule has 0 spiro atoms. The Kier molecular flexibility index (Phi) is 5.13. The first-order valence-corrected chi connectivity index (χ1v) is 7.43. The molecule has 0 saturated carbocycles. The highest BCUT2D eigenvalue weighted by Gasteiger charge is 2.16. The van der Waals surface area contributed by atoms with E-state index in [1.807, 2.05) is 14.0 Å². The topological polar surface area (TPSA) is 56.5 Å². The van der Waals surface area contributed by atoms with Crippen molar-refractivity contribution < 1.29 is 14.6 Å². The van der Waals surface area contributed by atoms with Gasteiger partial charge in [0.15, 0.2) is 11.5 Å². The number of halogens is 2. The van der Waals surface area contributed by atoms with Crippen molar-refractivity contribution in [1.82, 2.24) is 9.78 Å². The van der Waals surface area contributed by atoms with Gasteiger partial charge in [-0.2, -0.15) is 5.10 Å². The van der Waals surface area contributed by atoms with E-state index in [0.717, 1.165) is 15.9 Å². The van der Waals surface area contributed by atoms with E-state index >= 15 is 0 Å². The molecule has 1 aromatic carbocycles. The highest BCUT2D eigenvalue weighted by atomic mass is 79.9. The minimum Gasteiger partial charge on any atom is -0.493 e. The number of rotatable bonds is 5. The molecular weight excluding hydrogens is 360 g/mol. The Morgan fingerprint density at radius 2 is 2.14 bits per heavy atom. The molecule has 2 rings (SSSR count). The van der Waals surface area contributed by atoms with Gasteiger partial charge < -0.3 is 14.6 Å². The lowest BCUT2D eigenvalue weighted by Gasteiger charge is -2.15. The number of aliphatic hydroxyl groups excluding tert-OH is 1. The Hall–Kier alpha value is -1.24. The fraction of sp³-hybridized carbons (Fsp3) is 0.357. The first-order valence-electron chi connectivity index (χ1n) is 6.26. The number of ether oxygens (including phenoxy) is 2. The lowest BCUT2D eigenvalue weighted by molar-refractivity contribution is 0.245. The summed E-state index contributed by atoms with van der Waals surface area (Å²) in [5, 5.41) is 14.2. The van der Waals surface area contributed by atoms with Gasteiger partial charge in [0.1, 0.15) is 6.61 Å². The zero-order valence-electron chi connectivity index (χ0n) is 12.0. The summed E-state index contributed by atoms with van der Waals surface area (Å²) in [5.41, 5.74) is 2.37. The van der Waals surface area contributed by atoms with Crippen molar-refractivity contribution in [2.45, 2.75) is 20.1 Å². The molecule has 5 nitrogen and oxygen atoms in total. The summed E-state index contributed by atoms with van der Waals surface area (Å²) in [4.78, 5) is 0. The van der Waals surface area contributed by atoms with Gasteiger partial charge in [-0.15, -0.1) is 0 Å². The Morgan fingerprint density at radius 3 is 2.67 bits per heavy atom. The van der Waals surface area contributed by atoms with Gasteiger partial charge in [0.2, 0.25) is 0 Å². The molecule has 21 heavy (non-hydrogen) atoms. The zero-order valence-corrected chi connectivity index (χ0v) is 14.3. The normalized spacial score (nSPS) is 10.8. The molecule has 0 bridgehead atoms. The maximum Gasteiger partial charge on any atom is 0.167 e. The van der Waals surface area contributed by atoms with Crippen LogP contribution in [0.25, 0.3) is 0 Å². The van der Waals surface area contributed by atoms with Crippen LogP contribution < -0.4 is 9.47 Å². The van der Waals surface area contributed by atoms with Gasteiger partial charge >= 0.3 is 0 Å². The number of nitrogens with zero attached hydrogens (tertiary/aromatic N) is 2. The van der Waals surface area contributed by atoms with E-state index in [2.05, 4.69) is 21.0 Å². The summed E-state index contributed by atoms with van der Waals surface area (Å²) < 4.78 is 13.8. The van der Waals surface area contributed by atoms with Gasteiger partial charge in [-0.1, -0.05) is 11.6 Å². The summed E-state index contributed by atoms with van der Waals surface area (Å²) in [6.45, 7) is 2.02. The van der Waals surface area contributed by atoms with Crippen molar-refractivity contribution in [3.63, 3.8) is 0 Å². The van der Waals surface area contributed by atoms with Crippen LogP contribution in [0, 0.1) is 6.92 Å². The molecule has 0 aliphatic rings. The van der Waals surface area contributed by atoms with Gasteiger partial charge in [-0.3, -0.25) is 4.68 Å². The second-order valence-electron chi connectivity index (χ2n) is 4.51. The third-order valence-electron chi connectivity index (χ3n) is 3.10. The largest absolute Gasteiger partial charge is 0.493 e. The number of aromatic nitrogens is 2. The fourth-order valence-corrected chi connectivity index (χ4v) is 2.71. The minimum atomic E-state index is -0.183. The minimum absolute atomic E-state index is 0.183. The molecule has 0 aliphatic carbocycles. The van der Waals surface area contributed by atoms with Crippen molar-refractivity contribution in [1.29, 1.82) is 0 Å². The van der Waals surface area contributed by atoms with Gasteiger partial charge in [0, 0.05) is 23.7 Å². The van der Waals surface area contributed by atoms with Crippen molar-refractivity contribution in [3.05, 3.63) is 38.6 Å². The highest BCUT2D eigenvalue weighted by Crippen LogP contribution is 2.35. The van der Waals surface area contributed by atoms with Crippen LogP contribution in [0.15, 0.2) is 16.6 Å². The van der Waals surface area contributed by atoms with Gasteiger partial charge in [0.05, 0.1) is 29.6 Å². The van der Waals surface area contributed by atoms with Gasteiger partial charge in [-0.05, 0) is 28.9 Å².